The minimum absolute atomic E-state index is 0.0860. The Morgan fingerprint density at radius 2 is 1.90 bits per heavy atom. The number of ketones is 1. The number of nitrogens with zero attached hydrogens (tertiary/aromatic N) is 1. The predicted octanol–water partition coefficient (Wildman–Crippen LogP) is 4.46. The number of amides is 1. The highest BCUT2D eigenvalue weighted by Gasteiger charge is 2.46. The Morgan fingerprint density at radius 1 is 1.16 bits per heavy atom. The van der Waals surface area contributed by atoms with Gasteiger partial charge in [0, 0.05) is 12.1 Å². The molecular formula is C24H26FNO5. The van der Waals surface area contributed by atoms with E-state index in [1.165, 1.54) is 36.3 Å². The second-order valence-corrected chi connectivity index (χ2v) is 7.59. The molecule has 1 heterocycles. The molecule has 1 unspecified atom stereocenters. The molecule has 1 amide bonds. The SMILES string of the molecule is CCCCCN1C(=O)C(=O)/C(=C(\O)c2ccc(F)c(C)c2)C1c1ccc(OC)c(O)c1. The Bertz CT molecular complexity index is 1050. The first-order valence-corrected chi connectivity index (χ1v) is 10.2. The van der Waals surface area contributed by atoms with Gasteiger partial charge in [-0.15, -0.1) is 0 Å². The number of methoxy groups -OCH3 is 1. The lowest BCUT2D eigenvalue weighted by Crippen LogP contribution is -2.30. The van der Waals surface area contributed by atoms with Gasteiger partial charge in [-0.2, -0.15) is 0 Å². The van der Waals surface area contributed by atoms with Crippen LogP contribution in [-0.2, 0) is 9.59 Å². The molecule has 0 bridgehead atoms. The van der Waals surface area contributed by atoms with Crippen molar-refractivity contribution in [2.45, 2.75) is 39.2 Å². The highest BCUT2D eigenvalue weighted by atomic mass is 19.1. The number of Topliss-reactive ketones (excluding diaryl/α,β-unsaturated/α-hetero) is 1. The van der Waals surface area contributed by atoms with E-state index in [-0.39, 0.29) is 28.4 Å². The van der Waals surface area contributed by atoms with Crippen molar-refractivity contribution in [1.82, 2.24) is 4.90 Å². The van der Waals surface area contributed by atoms with Crippen LogP contribution in [0.15, 0.2) is 42.0 Å². The second-order valence-electron chi connectivity index (χ2n) is 7.59. The third-order valence-corrected chi connectivity index (χ3v) is 5.49. The standard InChI is InChI=1S/C24H26FNO5/c1-4-5-6-11-26-21(15-8-10-19(31-3)18(27)13-15)20(23(29)24(26)30)22(28)16-7-9-17(25)14(2)12-16/h7-10,12-13,21,27-28H,4-6,11H2,1-3H3/b22-20-. The van der Waals surface area contributed by atoms with E-state index in [1.54, 1.807) is 19.1 Å². The molecule has 1 aliphatic rings. The molecule has 0 spiro atoms. The van der Waals surface area contributed by atoms with Gasteiger partial charge >= 0.3 is 0 Å². The fourth-order valence-corrected chi connectivity index (χ4v) is 3.81. The van der Waals surface area contributed by atoms with E-state index in [9.17, 15) is 24.2 Å². The normalized spacial score (nSPS) is 17.9. The van der Waals surface area contributed by atoms with Gasteiger partial charge in [0.05, 0.1) is 18.7 Å². The number of aryl methyl sites for hydroxylation is 1. The van der Waals surface area contributed by atoms with Crippen LogP contribution in [-0.4, -0.2) is 40.5 Å². The number of phenolic OH excluding ortho intramolecular Hbond substituents is 1. The molecule has 0 radical (unpaired) electrons. The zero-order valence-corrected chi connectivity index (χ0v) is 17.8. The number of carbonyl (C=O) groups excluding carboxylic acids is 2. The van der Waals surface area contributed by atoms with Crippen LogP contribution in [0.2, 0.25) is 0 Å². The van der Waals surface area contributed by atoms with Crippen LogP contribution in [0.5, 0.6) is 11.5 Å². The van der Waals surface area contributed by atoms with Crippen molar-refractivity contribution in [2.24, 2.45) is 0 Å². The Balaban J connectivity index is 2.16. The number of benzene rings is 2. The maximum Gasteiger partial charge on any atom is 0.295 e. The van der Waals surface area contributed by atoms with Crippen molar-refractivity contribution in [3.63, 3.8) is 0 Å². The quantitative estimate of drug-likeness (QED) is 0.295. The summed E-state index contributed by atoms with van der Waals surface area (Å²) in [5, 5.41) is 21.2. The molecule has 2 aromatic carbocycles. The minimum atomic E-state index is -0.876. The van der Waals surface area contributed by atoms with Gasteiger partial charge in [-0.25, -0.2) is 4.39 Å². The van der Waals surface area contributed by atoms with Crippen LogP contribution in [0.3, 0.4) is 0 Å². The Hall–Kier alpha value is -3.35. The molecule has 0 saturated carbocycles. The molecule has 31 heavy (non-hydrogen) atoms. The predicted molar refractivity (Wildman–Crippen MR) is 114 cm³/mol. The summed E-state index contributed by atoms with van der Waals surface area (Å²) in [7, 11) is 1.42. The maximum absolute atomic E-state index is 13.7. The van der Waals surface area contributed by atoms with Gasteiger partial charge in [0.15, 0.2) is 11.5 Å². The summed E-state index contributed by atoms with van der Waals surface area (Å²) in [6.07, 6.45) is 2.51. The summed E-state index contributed by atoms with van der Waals surface area (Å²) in [6, 6.07) is 7.73. The molecule has 0 aromatic heterocycles. The first-order chi connectivity index (χ1) is 14.8. The molecule has 7 heteroatoms. The largest absolute Gasteiger partial charge is 0.507 e. The average Bonchev–Trinajstić information content (AvgIpc) is 3.00. The number of halogens is 1. The van der Waals surface area contributed by atoms with Crippen molar-refractivity contribution >= 4 is 17.4 Å². The number of rotatable bonds is 7. The lowest BCUT2D eigenvalue weighted by Gasteiger charge is -2.25. The van der Waals surface area contributed by atoms with Gasteiger partial charge < -0.3 is 19.8 Å². The zero-order chi connectivity index (χ0) is 22.7. The summed E-state index contributed by atoms with van der Waals surface area (Å²) in [5.74, 6) is -2.22. The number of hydrogen-bond donors (Lipinski definition) is 2. The number of phenols is 1. The maximum atomic E-state index is 13.7. The van der Waals surface area contributed by atoms with Crippen molar-refractivity contribution < 1.29 is 28.9 Å². The van der Waals surface area contributed by atoms with Crippen molar-refractivity contribution in [1.29, 1.82) is 0 Å². The van der Waals surface area contributed by atoms with Crippen LogP contribution in [0.4, 0.5) is 4.39 Å². The number of unbranched alkanes of at least 4 members (excludes halogenated alkanes) is 2. The number of carbonyl (C=O) groups is 2. The Labute approximate surface area is 180 Å². The highest BCUT2D eigenvalue weighted by Crippen LogP contribution is 2.42. The van der Waals surface area contributed by atoms with Gasteiger partial charge in [-0.05, 0) is 54.8 Å². The van der Waals surface area contributed by atoms with Gasteiger partial charge in [-0.3, -0.25) is 9.59 Å². The van der Waals surface area contributed by atoms with Gasteiger partial charge in [0.2, 0.25) is 0 Å². The first-order valence-electron chi connectivity index (χ1n) is 10.2. The summed E-state index contributed by atoms with van der Waals surface area (Å²) in [4.78, 5) is 27.2. The summed E-state index contributed by atoms with van der Waals surface area (Å²) in [5.41, 5.74) is 0.930. The topological polar surface area (TPSA) is 87.1 Å². The van der Waals surface area contributed by atoms with E-state index in [0.29, 0.717) is 24.1 Å². The molecule has 3 rings (SSSR count). The number of aliphatic hydroxyl groups excluding tert-OH is 1. The van der Waals surface area contributed by atoms with Gasteiger partial charge in [-0.1, -0.05) is 25.8 Å². The van der Waals surface area contributed by atoms with Crippen LogP contribution >= 0.6 is 0 Å². The van der Waals surface area contributed by atoms with Crippen molar-refractivity contribution in [3.8, 4) is 11.5 Å². The van der Waals surface area contributed by atoms with Crippen LogP contribution in [0.25, 0.3) is 5.76 Å². The minimum Gasteiger partial charge on any atom is -0.507 e. The zero-order valence-electron chi connectivity index (χ0n) is 17.8. The molecule has 1 saturated heterocycles. The van der Waals surface area contributed by atoms with Crippen LogP contribution < -0.4 is 4.74 Å². The summed E-state index contributed by atoms with van der Waals surface area (Å²) in [6.45, 7) is 3.91. The van der Waals surface area contributed by atoms with E-state index in [0.717, 1.165) is 12.8 Å². The third kappa shape index (κ3) is 4.26. The van der Waals surface area contributed by atoms with Gasteiger partial charge in [0.25, 0.3) is 11.7 Å². The Kier molecular flexibility index (Phi) is 6.63. The van der Waals surface area contributed by atoms with Crippen LogP contribution in [0, 0.1) is 12.7 Å². The van der Waals surface area contributed by atoms with Gasteiger partial charge in [0.1, 0.15) is 11.6 Å². The molecule has 164 valence electrons. The Morgan fingerprint density at radius 3 is 2.52 bits per heavy atom. The molecular weight excluding hydrogens is 401 g/mol. The highest BCUT2D eigenvalue weighted by molar-refractivity contribution is 6.46. The number of aliphatic hydroxyl groups is 1. The number of ether oxygens (including phenoxy) is 1. The fraction of sp³-hybridized carbons (Fsp3) is 0.333. The second kappa shape index (κ2) is 9.20. The monoisotopic (exact) mass is 427 g/mol. The smallest absolute Gasteiger partial charge is 0.295 e. The molecule has 1 atom stereocenters. The summed E-state index contributed by atoms with van der Waals surface area (Å²) >= 11 is 0. The third-order valence-electron chi connectivity index (χ3n) is 5.49. The van der Waals surface area contributed by atoms with Crippen molar-refractivity contribution in [3.05, 3.63) is 64.5 Å². The lowest BCUT2D eigenvalue weighted by molar-refractivity contribution is -0.139. The molecule has 0 aliphatic carbocycles. The molecule has 2 N–H and O–H groups in total. The van der Waals surface area contributed by atoms with E-state index in [2.05, 4.69) is 0 Å². The molecule has 1 aliphatic heterocycles. The van der Waals surface area contributed by atoms with E-state index < -0.39 is 23.5 Å². The van der Waals surface area contributed by atoms with Crippen molar-refractivity contribution in [2.75, 3.05) is 13.7 Å². The number of hydrogen-bond acceptors (Lipinski definition) is 5. The van der Waals surface area contributed by atoms with E-state index >= 15 is 0 Å². The molecule has 6 nitrogen and oxygen atoms in total. The average molecular weight is 427 g/mol. The summed E-state index contributed by atoms with van der Waals surface area (Å²) < 4.78 is 18.8. The lowest BCUT2D eigenvalue weighted by atomic mass is 9.94. The number of aromatic hydroxyl groups is 1. The molecule has 1 fully saturated rings. The first kappa shape index (κ1) is 22.3. The molecule has 2 aromatic rings. The van der Waals surface area contributed by atoms with Crippen LogP contribution in [0.1, 0.15) is 48.9 Å². The fourth-order valence-electron chi connectivity index (χ4n) is 3.81. The number of likely N-dealkylation sites (tertiary alicyclic amines) is 1. The van der Waals surface area contributed by atoms with E-state index in [4.69, 9.17) is 4.74 Å². The van der Waals surface area contributed by atoms with E-state index in [1.807, 2.05) is 6.92 Å².